The topological polar surface area (TPSA) is 46.5 Å². The molecule has 0 bridgehead atoms. The zero-order valence-corrected chi connectivity index (χ0v) is 8.67. The summed E-state index contributed by atoms with van der Waals surface area (Å²) in [4.78, 5) is 10.7. The van der Waals surface area contributed by atoms with E-state index in [2.05, 4.69) is 15.9 Å². The number of ether oxygens (including phenoxy) is 1. The maximum absolute atomic E-state index is 10.7. The molecule has 0 unspecified atom stereocenters. The lowest BCUT2D eigenvalue weighted by Gasteiger charge is -2.04. The average Bonchev–Trinajstić information content (AvgIpc) is 2.09. The van der Waals surface area contributed by atoms with Crippen molar-refractivity contribution in [2.45, 2.75) is 6.92 Å². The molecule has 0 aliphatic rings. The molecule has 0 fully saturated rings. The van der Waals surface area contributed by atoms with Gasteiger partial charge in [-0.05, 0) is 40.5 Å². The minimum absolute atomic E-state index is 0.421. The van der Waals surface area contributed by atoms with E-state index in [1.165, 1.54) is 0 Å². The van der Waals surface area contributed by atoms with Crippen LogP contribution >= 0.6 is 15.9 Å². The SMILES string of the molecule is Cc1ccc(OC(=O)CO)c(Br)c1. The first-order chi connectivity index (χ1) is 6.13. The van der Waals surface area contributed by atoms with Gasteiger partial charge in [0.1, 0.15) is 12.4 Å². The third-order valence-corrected chi connectivity index (χ3v) is 2.06. The van der Waals surface area contributed by atoms with E-state index in [0.717, 1.165) is 5.56 Å². The van der Waals surface area contributed by atoms with Crippen LogP contribution in [0.2, 0.25) is 0 Å². The maximum Gasteiger partial charge on any atom is 0.337 e. The van der Waals surface area contributed by atoms with E-state index in [0.29, 0.717) is 10.2 Å². The lowest BCUT2D eigenvalue weighted by molar-refractivity contribution is -0.137. The van der Waals surface area contributed by atoms with Crippen LogP contribution in [0.1, 0.15) is 5.56 Å². The summed E-state index contributed by atoms with van der Waals surface area (Å²) >= 11 is 3.25. The summed E-state index contributed by atoms with van der Waals surface area (Å²) in [5, 5.41) is 8.45. The van der Waals surface area contributed by atoms with Gasteiger partial charge >= 0.3 is 5.97 Å². The van der Waals surface area contributed by atoms with Gasteiger partial charge < -0.3 is 9.84 Å². The normalized spacial score (nSPS) is 9.77. The summed E-state index contributed by atoms with van der Waals surface area (Å²) in [5.74, 6) is -0.241. The standard InChI is InChI=1S/C9H9BrO3/c1-6-2-3-8(7(10)4-6)13-9(12)5-11/h2-4,11H,5H2,1H3. The molecule has 0 aromatic heterocycles. The Balaban J connectivity index is 2.83. The quantitative estimate of drug-likeness (QED) is 0.636. The van der Waals surface area contributed by atoms with Gasteiger partial charge in [0.2, 0.25) is 0 Å². The van der Waals surface area contributed by atoms with Crippen LogP contribution in [0.4, 0.5) is 0 Å². The van der Waals surface area contributed by atoms with Gasteiger partial charge in [0.15, 0.2) is 0 Å². The molecule has 3 nitrogen and oxygen atoms in total. The molecule has 0 saturated heterocycles. The molecule has 0 aliphatic heterocycles. The van der Waals surface area contributed by atoms with Crippen molar-refractivity contribution in [3.05, 3.63) is 28.2 Å². The average molecular weight is 245 g/mol. The smallest absolute Gasteiger partial charge is 0.337 e. The Kier molecular flexibility index (Phi) is 3.45. The Morgan fingerprint density at radius 1 is 1.62 bits per heavy atom. The van der Waals surface area contributed by atoms with Gasteiger partial charge in [0.05, 0.1) is 4.47 Å². The van der Waals surface area contributed by atoms with Crippen LogP contribution in [-0.4, -0.2) is 17.7 Å². The van der Waals surface area contributed by atoms with Crippen LogP contribution in [0.5, 0.6) is 5.75 Å². The second-order valence-electron chi connectivity index (χ2n) is 2.57. The Morgan fingerprint density at radius 2 is 2.31 bits per heavy atom. The van der Waals surface area contributed by atoms with Gasteiger partial charge in [0, 0.05) is 0 Å². The third-order valence-electron chi connectivity index (χ3n) is 1.44. The summed E-state index contributed by atoms with van der Waals surface area (Å²) in [7, 11) is 0. The van der Waals surface area contributed by atoms with E-state index in [-0.39, 0.29) is 0 Å². The molecule has 1 rings (SSSR count). The van der Waals surface area contributed by atoms with Gasteiger partial charge in [0.25, 0.3) is 0 Å². The van der Waals surface area contributed by atoms with Crippen LogP contribution in [0, 0.1) is 6.92 Å². The zero-order chi connectivity index (χ0) is 9.84. The molecule has 13 heavy (non-hydrogen) atoms. The van der Waals surface area contributed by atoms with E-state index < -0.39 is 12.6 Å². The van der Waals surface area contributed by atoms with Crippen molar-refractivity contribution < 1.29 is 14.6 Å². The summed E-state index contributed by atoms with van der Waals surface area (Å²) in [6.07, 6.45) is 0. The third kappa shape index (κ3) is 2.82. The molecule has 1 N–H and O–H groups in total. The fourth-order valence-electron chi connectivity index (χ4n) is 0.844. The first-order valence-electron chi connectivity index (χ1n) is 3.71. The van der Waals surface area contributed by atoms with Crippen molar-refractivity contribution in [3.63, 3.8) is 0 Å². The number of benzene rings is 1. The van der Waals surface area contributed by atoms with E-state index in [1.54, 1.807) is 6.07 Å². The monoisotopic (exact) mass is 244 g/mol. The molecule has 0 radical (unpaired) electrons. The largest absolute Gasteiger partial charge is 0.424 e. The van der Waals surface area contributed by atoms with Crippen molar-refractivity contribution >= 4 is 21.9 Å². The molecule has 4 heteroatoms. The van der Waals surface area contributed by atoms with Crippen molar-refractivity contribution in [1.82, 2.24) is 0 Å². The number of hydrogen-bond donors (Lipinski definition) is 1. The zero-order valence-electron chi connectivity index (χ0n) is 7.08. The second kappa shape index (κ2) is 4.39. The van der Waals surface area contributed by atoms with Gasteiger partial charge in [-0.15, -0.1) is 0 Å². The molecular formula is C9H9BrO3. The number of rotatable bonds is 2. The van der Waals surface area contributed by atoms with Gasteiger partial charge in [-0.1, -0.05) is 6.07 Å². The number of hydrogen-bond acceptors (Lipinski definition) is 3. The Labute approximate surface area is 84.5 Å². The number of halogens is 1. The van der Waals surface area contributed by atoms with E-state index in [9.17, 15) is 4.79 Å². The van der Waals surface area contributed by atoms with Crippen LogP contribution in [-0.2, 0) is 4.79 Å². The highest BCUT2D eigenvalue weighted by Crippen LogP contribution is 2.25. The van der Waals surface area contributed by atoms with Gasteiger partial charge in [-0.25, -0.2) is 4.79 Å². The minimum atomic E-state index is -0.662. The fraction of sp³-hybridized carbons (Fsp3) is 0.222. The van der Waals surface area contributed by atoms with Crippen LogP contribution in [0.25, 0.3) is 0 Å². The highest BCUT2D eigenvalue weighted by molar-refractivity contribution is 9.10. The highest BCUT2D eigenvalue weighted by atomic mass is 79.9. The molecule has 0 spiro atoms. The Morgan fingerprint density at radius 3 is 2.85 bits per heavy atom. The van der Waals surface area contributed by atoms with E-state index in [4.69, 9.17) is 9.84 Å². The highest BCUT2D eigenvalue weighted by Gasteiger charge is 2.05. The number of carbonyl (C=O) groups excluding carboxylic acids is 1. The molecule has 1 aromatic carbocycles. The molecule has 0 heterocycles. The lowest BCUT2D eigenvalue weighted by Crippen LogP contribution is -2.12. The van der Waals surface area contributed by atoms with Crippen molar-refractivity contribution in [2.24, 2.45) is 0 Å². The van der Waals surface area contributed by atoms with Crippen LogP contribution in [0.15, 0.2) is 22.7 Å². The second-order valence-corrected chi connectivity index (χ2v) is 3.42. The number of aliphatic hydroxyl groups is 1. The van der Waals surface area contributed by atoms with Crippen LogP contribution < -0.4 is 4.74 Å². The molecule has 0 saturated carbocycles. The van der Waals surface area contributed by atoms with Crippen molar-refractivity contribution in [1.29, 1.82) is 0 Å². The maximum atomic E-state index is 10.7. The lowest BCUT2D eigenvalue weighted by atomic mass is 10.2. The Bertz CT molecular complexity index is 323. The molecule has 0 amide bonds. The van der Waals surface area contributed by atoms with Gasteiger partial charge in [-0.3, -0.25) is 0 Å². The van der Waals surface area contributed by atoms with Crippen molar-refractivity contribution in [2.75, 3.05) is 6.61 Å². The number of carbonyl (C=O) groups is 1. The number of esters is 1. The summed E-state index contributed by atoms with van der Waals surface area (Å²) in [6.45, 7) is 1.32. The molecule has 70 valence electrons. The van der Waals surface area contributed by atoms with E-state index in [1.807, 2.05) is 19.1 Å². The minimum Gasteiger partial charge on any atom is -0.424 e. The fourth-order valence-corrected chi connectivity index (χ4v) is 1.42. The van der Waals surface area contributed by atoms with Crippen LogP contribution in [0.3, 0.4) is 0 Å². The summed E-state index contributed by atoms with van der Waals surface area (Å²) in [6, 6.07) is 5.33. The predicted octanol–water partition coefficient (Wildman–Crippen LogP) is 1.66. The number of aliphatic hydroxyl groups excluding tert-OH is 1. The number of aryl methyl sites for hydroxylation is 1. The first kappa shape index (κ1) is 10.2. The van der Waals surface area contributed by atoms with E-state index >= 15 is 0 Å². The molecule has 0 atom stereocenters. The molecule has 1 aromatic rings. The summed E-state index contributed by atoms with van der Waals surface area (Å²) < 4.78 is 5.52. The predicted molar refractivity (Wildman–Crippen MR) is 51.6 cm³/mol. The van der Waals surface area contributed by atoms with Crippen molar-refractivity contribution in [3.8, 4) is 5.75 Å². The molecular weight excluding hydrogens is 236 g/mol. The molecule has 0 aliphatic carbocycles. The van der Waals surface area contributed by atoms with Gasteiger partial charge in [-0.2, -0.15) is 0 Å². The first-order valence-corrected chi connectivity index (χ1v) is 4.50. The Hall–Kier alpha value is -0.870. The summed E-state index contributed by atoms with van der Waals surface area (Å²) in [5.41, 5.74) is 1.07.